The number of carbonyl (C=O) groups excluding carboxylic acids is 1. The summed E-state index contributed by atoms with van der Waals surface area (Å²) < 4.78 is 2.04. The van der Waals surface area contributed by atoms with Crippen molar-refractivity contribution in [1.29, 1.82) is 0 Å². The molecule has 1 fully saturated rings. The average molecular weight is 403 g/mol. The Balaban J connectivity index is 0.00000225. The van der Waals surface area contributed by atoms with Crippen LogP contribution in [0.3, 0.4) is 0 Å². The molecule has 2 heterocycles. The highest BCUT2D eigenvalue weighted by Gasteiger charge is 2.32. The maximum atomic E-state index is 13.3. The second-order valence-corrected chi connectivity index (χ2v) is 8.15. The molecule has 1 unspecified atom stereocenters. The molecular weight excluding hydrogens is 372 g/mol. The van der Waals surface area contributed by atoms with Gasteiger partial charge in [-0.2, -0.15) is 5.10 Å². The molecule has 0 bridgehead atoms. The zero-order valence-corrected chi connectivity index (χ0v) is 17.9. The molecule has 4 rings (SSSR count). The molecule has 1 saturated heterocycles. The number of fused-ring (bicyclic) bond motifs is 1. The predicted molar refractivity (Wildman–Crippen MR) is 115 cm³/mol. The number of amides is 1. The zero-order chi connectivity index (χ0) is 19.0. The van der Waals surface area contributed by atoms with Gasteiger partial charge >= 0.3 is 0 Å². The molecule has 1 aromatic heterocycles. The average Bonchev–Trinajstić information content (AvgIpc) is 3.25. The molecule has 1 aliphatic heterocycles. The number of hydrogen-bond acceptors (Lipinski definition) is 3. The van der Waals surface area contributed by atoms with Crippen LogP contribution in [0.1, 0.15) is 52.1 Å². The second-order valence-electron chi connectivity index (χ2n) is 8.15. The van der Waals surface area contributed by atoms with Gasteiger partial charge in [-0.15, -0.1) is 12.4 Å². The highest BCUT2D eigenvalue weighted by molar-refractivity contribution is 5.94. The Labute approximate surface area is 173 Å². The minimum atomic E-state index is 0. The summed E-state index contributed by atoms with van der Waals surface area (Å²) in [5, 5.41) is 8.11. The fraction of sp³-hybridized carbons (Fsp3) is 0.545. The van der Waals surface area contributed by atoms with Crippen molar-refractivity contribution in [1.82, 2.24) is 20.0 Å². The number of likely N-dealkylation sites (tertiary alicyclic amines) is 1. The Hall–Kier alpha value is -1.85. The molecule has 5 nitrogen and oxygen atoms in total. The molecular formula is C22H31ClN4O. The fourth-order valence-corrected chi connectivity index (χ4v) is 4.71. The number of nitrogens with one attached hydrogen (secondary N) is 1. The molecule has 0 radical (unpaired) electrons. The van der Waals surface area contributed by atoms with Gasteiger partial charge in [-0.3, -0.25) is 4.79 Å². The molecule has 1 amide bonds. The summed E-state index contributed by atoms with van der Waals surface area (Å²) in [6.45, 7) is 6.89. The third-order valence-corrected chi connectivity index (χ3v) is 6.01. The smallest absolute Gasteiger partial charge is 0.274 e. The maximum absolute atomic E-state index is 13.3. The van der Waals surface area contributed by atoms with E-state index >= 15 is 0 Å². The van der Waals surface area contributed by atoms with Gasteiger partial charge in [0, 0.05) is 24.3 Å². The summed E-state index contributed by atoms with van der Waals surface area (Å²) in [4.78, 5) is 15.3. The first-order valence-corrected chi connectivity index (χ1v) is 10.2. The Bertz CT molecular complexity index is 858. The van der Waals surface area contributed by atoms with Gasteiger partial charge in [-0.25, -0.2) is 4.68 Å². The van der Waals surface area contributed by atoms with E-state index in [0.717, 1.165) is 51.0 Å². The van der Waals surface area contributed by atoms with Crippen LogP contribution < -0.4 is 5.32 Å². The van der Waals surface area contributed by atoms with Crippen LogP contribution in [-0.2, 0) is 12.8 Å². The zero-order valence-electron chi connectivity index (χ0n) is 17.1. The SMILES string of the molecule is CNCC1CCCN(C(=O)c2nn(-c3ccc(C)cc3C)c3c2CCC3)C1.Cl. The molecule has 0 spiro atoms. The summed E-state index contributed by atoms with van der Waals surface area (Å²) in [5.41, 5.74) is 6.65. The lowest BCUT2D eigenvalue weighted by Gasteiger charge is -2.32. The number of benzene rings is 1. The van der Waals surface area contributed by atoms with E-state index in [2.05, 4.69) is 37.4 Å². The molecule has 28 heavy (non-hydrogen) atoms. The number of piperidine rings is 1. The maximum Gasteiger partial charge on any atom is 0.274 e. The summed E-state index contributed by atoms with van der Waals surface area (Å²) in [7, 11) is 1.99. The third kappa shape index (κ3) is 3.83. The second kappa shape index (κ2) is 8.66. The predicted octanol–water partition coefficient (Wildman–Crippen LogP) is 3.47. The quantitative estimate of drug-likeness (QED) is 0.851. The van der Waals surface area contributed by atoms with Gasteiger partial charge < -0.3 is 10.2 Å². The van der Waals surface area contributed by atoms with Gasteiger partial charge in [0.2, 0.25) is 0 Å². The first-order chi connectivity index (χ1) is 13.1. The van der Waals surface area contributed by atoms with E-state index in [0.29, 0.717) is 11.6 Å². The molecule has 6 heteroatoms. The Kier molecular flexibility index (Phi) is 6.46. The lowest BCUT2D eigenvalue weighted by atomic mass is 9.97. The van der Waals surface area contributed by atoms with Crippen molar-refractivity contribution >= 4 is 18.3 Å². The van der Waals surface area contributed by atoms with E-state index in [9.17, 15) is 4.79 Å². The van der Waals surface area contributed by atoms with Gasteiger partial charge in [-0.1, -0.05) is 17.7 Å². The van der Waals surface area contributed by atoms with Gasteiger partial charge in [0.1, 0.15) is 0 Å². The summed E-state index contributed by atoms with van der Waals surface area (Å²) in [6, 6.07) is 6.45. The first kappa shape index (κ1) is 20.9. The van der Waals surface area contributed by atoms with E-state index in [1.165, 1.54) is 28.8 Å². The first-order valence-electron chi connectivity index (χ1n) is 10.2. The molecule has 152 valence electrons. The number of aryl methyl sites for hydroxylation is 2. The van der Waals surface area contributed by atoms with Crippen LogP contribution in [0.4, 0.5) is 0 Å². The standard InChI is InChI=1S/C22H30N4O.ClH/c1-15-9-10-19(16(2)12-15)26-20-8-4-7-18(20)21(24-26)22(27)25-11-5-6-17(14-25)13-23-3;/h9-10,12,17,23H,4-8,11,13-14H2,1-3H3;1H. The van der Waals surface area contributed by atoms with Gasteiger partial charge in [0.25, 0.3) is 5.91 Å². The van der Waals surface area contributed by atoms with Crippen LogP contribution in [0.5, 0.6) is 0 Å². The molecule has 2 aromatic rings. The summed E-state index contributed by atoms with van der Waals surface area (Å²) in [5.74, 6) is 0.666. The molecule has 2 aliphatic rings. The van der Waals surface area contributed by atoms with E-state index < -0.39 is 0 Å². The Morgan fingerprint density at radius 3 is 2.82 bits per heavy atom. The fourth-order valence-electron chi connectivity index (χ4n) is 4.71. The van der Waals surface area contributed by atoms with Crippen molar-refractivity contribution in [2.45, 2.75) is 46.0 Å². The Morgan fingerprint density at radius 2 is 2.07 bits per heavy atom. The van der Waals surface area contributed by atoms with Crippen LogP contribution in [0, 0.1) is 19.8 Å². The third-order valence-electron chi connectivity index (χ3n) is 6.01. The number of halogens is 1. The van der Waals surface area contributed by atoms with Crippen molar-refractivity contribution in [2.75, 3.05) is 26.7 Å². The molecule has 1 atom stereocenters. The topological polar surface area (TPSA) is 50.2 Å². The normalized spacial score (nSPS) is 18.7. The van der Waals surface area contributed by atoms with Crippen molar-refractivity contribution < 1.29 is 4.79 Å². The highest BCUT2D eigenvalue weighted by Crippen LogP contribution is 2.30. The van der Waals surface area contributed by atoms with Crippen molar-refractivity contribution in [3.05, 3.63) is 46.3 Å². The summed E-state index contributed by atoms with van der Waals surface area (Å²) >= 11 is 0. The van der Waals surface area contributed by atoms with E-state index in [1.54, 1.807) is 0 Å². The van der Waals surface area contributed by atoms with Crippen molar-refractivity contribution in [2.24, 2.45) is 5.92 Å². The van der Waals surface area contributed by atoms with E-state index in [-0.39, 0.29) is 18.3 Å². The Morgan fingerprint density at radius 1 is 1.25 bits per heavy atom. The largest absolute Gasteiger partial charge is 0.337 e. The van der Waals surface area contributed by atoms with Crippen LogP contribution in [-0.4, -0.2) is 47.3 Å². The van der Waals surface area contributed by atoms with Gasteiger partial charge in [0.05, 0.1) is 5.69 Å². The highest BCUT2D eigenvalue weighted by atomic mass is 35.5. The lowest BCUT2D eigenvalue weighted by Crippen LogP contribution is -2.42. The number of rotatable bonds is 4. The minimum Gasteiger partial charge on any atom is -0.337 e. The molecule has 0 saturated carbocycles. The lowest BCUT2D eigenvalue weighted by molar-refractivity contribution is 0.0666. The van der Waals surface area contributed by atoms with Crippen LogP contribution in [0.15, 0.2) is 18.2 Å². The van der Waals surface area contributed by atoms with Gasteiger partial charge in [0.15, 0.2) is 5.69 Å². The number of carbonyl (C=O) groups is 1. The number of aromatic nitrogens is 2. The number of hydrogen-bond donors (Lipinski definition) is 1. The monoisotopic (exact) mass is 402 g/mol. The van der Waals surface area contributed by atoms with Gasteiger partial charge in [-0.05, 0) is 77.1 Å². The summed E-state index contributed by atoms with van der Waals surface area (Å²) in [6.07, 6.45) is 5.36. The van der Waals surface area contributed by atoms with E-state index in [1.807, 2.05) is 16.6 Å². The molecule has 1 N–H and O–H groups in total. The van der Waals surface area contributed by atoms with E-state index in [4.69, 9.17) is 5.10 Å². The van der Waals surface area contributed by atoms with Crippen LogP contribution in [0.2, 0.25) is 0 Å². The minimum absolute atomic E-state index is 0. The van der Waals surface area contributed by atoms with Crippen LogP contribution in [0.25, 0.3) is 5.69 Å². The molecule has 1 aromatic carbocycles. The van der Waals surface area contributed by atoms with Crippen molar-refractivity contribution in [3.63, 3.8) is 0 Å². The molecule has 1 aliphatic carbocycles. The van der Waals surface area contributed by atoms with Crippen molar-refractivity contribution in [3.8, 4) is 5.69 Å². The van der Waals surface area contributed by atoms with Crippen LogP contribution >= 0.6 is 12.4 Å². The number of nitrogens with zero attached hydrogens (tertiary/aromatic N) is 3.